The van der Waals surface area contributed by atoms with E-state index in [9.17, 15) is 4.79 Å². The Morgan fingerprint density at radius 3 is 2.11 bits per heavy atom. The summed E-state index contributed by atoms with van der Waals surface area (Å²) in [6.07, 6.45) is 3.70. The number of carbonyl (C=O) groups is 1. The van der Waals surface area contributed by atoms with Crippen molar-refractivity contribution in [1.82, 2.24) is 0 Å². The van der Waals surface area contributed by atoms with E-state index in [2.05, 4.69) is 67.3 Å². The van der Waals surface area contributed by atoms with E-state index in [1.54, 1.807) is 0 Å². The van der Waals surface area contributed by atoms with Gasteiger partial charge in [-0.2, -0.15) is 0 Å². The van der Waals surface area contributed by atoms with E-state index < -0.39 is 5.60 Å². The van der Waals surface area contributed by atoms with Crippen LogP contribution in [0.15, 0.2) is 60.7 Å². The van der Waals surface area contributed by atoms with Crippen molar-refractivity contribution in [1.29, 1.82) is 0 Å². The molecule has 0 bridgehead atoms. The fourth-order valence-electron chi connectivity index (χ4n) is 5.27. The summed E-state index contributed by atoms with van der Waals surface area (Å²) in [7, 11) is 7.99. The molecule has 2 unspecified atom stereocenters. The summed E-state index contributed by atoms with van der Waals surface area (Å²) in [5, 5.41) is 0. The second-order valence-corrected chi connectivity index (χ2v) is 10.5. The number of cyclic esters (lactones) is 1. The minimum Gasteiger partial charge on any atom is -0.441 e. The van der Waals surface area contributed by atoms with Crippen molar-refractivity contribution in [3.05, 3.63) is 94.0 Å². The van der Waals surface area contributed by atoms with Gasteiger partial charge in [-0.25, -0.2) is 4.79 Å². The van der Waals surface area contributed by atoms with Crippen LogP contribution in [0.1, 0.15) is 57.9 Å². The summed E-state index contributed by atoms with van der Waals surface area (Å²) in [6.45, 7) is 5.87. The summed E-state index contributed by atoms with van der Waals surface area (Å²) in [5.41, 5.74) is 12.3. The normalized spacial score (nSPS) is 19.9. The van der Waals surface area contributed by atoms with Crippen LogP contribution in [-0.2, 0) is 21.5 Å². The van der Waals surface area contributed by atoms with Crippen LogP contribution in [0.2, 0.25) is 0 Å². The number of fused-ring (bicyclic) bond motifs is 1. The van der Waals surface area contributed by atoms with Gasteiger partial charge in [0.25, 0.3) is 0 Å². The van der Waals surface area contributed by atoms with Crippen LogP contribution in [-0.4, -0.2) is 53.4 Å². The Labute approximate surface area is 227 Å². The first-order valence-electron chi connectivity index (χ1n) is 13.5. The van der Waals surface area contributed by atoms with Gasteiger partial charge in [-0.15, -0.1) is 0 Å². The van der Waals surface area contributed by atoms with Gasteiger partial charge in [0.05, 0.1) is 11.7 Å². The first-order chi connectivity index (χ1) is 18.2. The van der Waals surface area contributed by atoms with Crippen LogP contribution in [0, 0.1) is 6.92 Å². The number of hydrogen-bond acceptors (Lipinski definition) is 6. The van der Waals surface area contributed by atoms with Crippen LogP contribution >= 0.6 is 0 Å². The second kappa shape index (κ2) is 11.6. The maximum Gasteiger partial charge on any atom is 0.340 e. The highest BCUT2D eigenvalue weighted by molar-refractivity contribution is 5.97. The summed E-state index contributed by atoms with van der Waals surface area (Å²) >= 11 is 0. The van der Waals surface area contributed by atoms with E-state index in [0.29, 0.717) is 18.2 Å². The van der Waals surface area contributed by atoms with E-state index in [0.717, 1.165) is 53.1 Å². The average molecular weight is 516 g/mol. The third-order valence-corrected chi connectivity index (χ3v) is 7.52. The molecule has 2 N–H and O–H groups in total. The molecule has 3 aromatic rings. The van der Waals surface area contributed by atoms with E-state index >= 15 is 0 Å². The molecule has 6 nitrogen and oxygen atoms in total. The molecule has 2 aliphatic rings. The highest BCUT2D eigenvalue weighted by atomic mass is 16.6. The molecule has 38 heavy (non-hydrogen) atoms. The second-order valence-electron chi connectivity index (χ2n) is 10.5. The zero-order valence-electron chi connectivity index (χ0n) is 23.6. The molecule has 202 valence electrons. The number of rotatable bonds is 6. The molecule has 0 amide bonds. The Bertz CT molecular complexity index is 1260. The Morgan fingerprint density at radius 2 is 1.58 bits per heavy atom. The Kier molecular flexibility index (Phi) is 8.44. The number of esters is 1. The molecular formula is C32H41N3O3. The van der Waals surface area contributed by atoms with Gasteiger partial charge in [-0.3, -0.25) is 0 Å². The molecule has 0 aliphatic carbocycles. The molecule has 2 heterocycles. The summed E-state index contributed by atoms with van der Waals surface area (Å²) < 4.78 is 11.5. The van der Waals surface area contributed by atoms with Crippen molar-refractivity contribution in [2.45, 2.75) is 44.8 Å². The zero-order valence-corrected chi connectivity index (χ0v) is 23.6. The van der Waals surface area contributed by atoms with Crippen LogP contribution in [0.4, 0.5) is 11.4 Å². The van der Waals surface area contributed by atoms with Gasteiger partial charge in [0.1, 0.15) is 0 Å². The molecule has 2 aliphatic heterocycles. The lowest BCUT2D eigenvalue weighted by Crippen LogP contribution is -2.30. The molecule has 0 saturated carbocycles. The number of carbonyl (C=O) groups excluding carboxylic acids is 1. The van der Waals surface area contributed by atoms with Gasteiger partial charge in [0.2, 0.25) is 0 Å². The lowest BCUT2D eigenvalue weighted by Gasteiger charge is -2.32. The number of anilines is 2. The van der Waals surface area contributed by atoms with E-state index in [-0.39, 0.29) is 5.97 Å². The third-order valence-electron chi connectivity index (χ3n) is 7.52. The van der Waals surface area contributed by atoms with Gasteiger partial charge in [0.15, 0.2) is 5.60 Å². The number of nitrogens with two attached hydrogens (primary N) is 1. The number of benzene rings is 3. The van der Waals surface area contributed by atoms with Crippen molar-refractivity contribution in [2.24, 2.45) is 5.73 Å². The summed E-state index contributed by atoms with van der Waals surface area (Å²) in [4.78, 5) is 17.2. The van der Waals surface area contributed by atoms with E-state index in [1.807, 2.05) is 45.2 Å². The highest BCUT2D eigenvalue weighted by Gasteiger charge is 2.49. The molecule has 2 atom stereocenters. The predicted molar refractivity (Wildman–Crippen MR) is 155 cm³/mol. The average Bonchev–Trinajstić information content (AvgIpc) is 3.55. The largest absolute Gasteiger partial charge is 0.441 e. The van der Waals surface area contributed by atoms with Crippen molar-refractivity contribution >= 4 is 17.3 Å². The van der Waals surface area contributed by atoms with Crippen molar-refractivity contribution in [3.8, 4) is 0 Å². The molecule has 5 rings (SSSR count). The van der Waals surface area contributed by atoms with E-state index in [1.165, 1.54) is 12.0 Å². The first kappa shape index (κ1) is 27.7. The Balaban J connectivity index is 0.000000417. The molecular weight excluding hydrogens is 474 g/mol. The number of ether oxygens (including phenoxy) is 2. The maximum atomic E-state index is 13.2. The summed E-state index contributed by atoms with van der Waals surface area (Å²) in [5.74, 6) is -0.283. The van der Waals surface area contributed by atoms with Crippen LogP contribution in [0.25, 0.3) is 0 Å². The van der Waals surface area contributed by atoms with Crippen LogP contribution in [0.3, 0.4) is 0 Å². The standard InChI is InChI=1S/C27H30N2O2.C5H11NO/c1-7-19-8-14-24(18(2)16-19)27(20-9-11-21(12-10-20)28(3)4)25-15-13-22(29(5)6)17-23(25)26(30)31-27;6-4-5-2-1-3-7-5/h8-17H,7H2,1-6H3;5H,1-4,6H2. The Morgan fingerprint density at radius 1 is 0.921 bits per heavy atom. The fraction of sp³-hybridized carbons (Fsp3) is 0.406. The fourth-order valence-corrected chi connectivity index (χ4v) is 5.27. The molecule has 0 radical (unpaired) electrons. The van der Waals surface area contributed by atoms with Gasteiger partial charge >= 0.3 is 5.97 Å². The SMILES string of the molecule is CCc1ccc(C2(c3ccc(N(C)C)cc3)OC(=O)c3cc(N(C)C)ccc32)c(C)c1.NCC1CCCO1. The predicted octanol–water partition coefficient (Wildman–Crippen LogP) is 5.28. The quantitative estimate of drug-likeness (QED) is 0.451. The first-order valence-corrected chi connectivity index (χ1v) is 13.5. The number of hydrogen-bond donors (Lipinski definition) is 1. The van der Waals surface area contributed by atoms with Crippen molar-refractivity contribution in [3.63, 3.8) is 0 Å². The lowest BCUT2D eigenvalue weighted by molar-refractivity contribution is 0.0250. The molecule has 3 aromatic carbocycles. The van der Waals surface area contributed by atoms with Gasteiger partial charge in [0, 0.05) is 69.4 Å². The smallest absolute Gasteiger partial charge is 0.340 e. The molecule has 6 heteroatoms. The minimum absolute atomic E-state index is 0.283. The molecule has 0 spiro atoms. The van der Waals surface area contributed by atoms with Crippen molar-refractivity contribution < 1.29 is 14.3 Å². The van der Waals surface area contributed by atoms with Gasteiger partial charge < -0.3 is 25.0 Å². The topological polar surface area (TPSA) is 68.0 Å². The van der Waals surface area contributed by atoms with Crippen LogP contribution < -0.4 is 15.5 Å². The summed E-state index contributed by atoms with van der Waals surface area (Å²) in [6, 6.07) is 20.8. The van der Waals surface area contributed by atoms with Gasteiger partial charge in [-0.1, -0.05) is 43.3 Å². The van der Waals surface area contributed by atoms with Gasteiger partial charge in [-0.05, 0) is 61.6 Å². The monoisotopic (exact) mass is 515 g/mol. The third kappa shape index (κ3) is 5.29. The van der Waals surface area contributed by atoms with E-state index in [4.69, 9.17) is 15.2 Å². The minimum atomic E-state index is -0.960. The zero-order chi connectivity index (χ0) is 27.4. The lowest BCUT2D eigenvalue weighted by atomic mass is 9.77. The molecule has 1 saturated heterocycles. The highest BCUT2D eigenvalue weighted by Crippen LogP contribution is 2.49. The Hall–Kier alpha value is -3.35. The number of aryl methyl sites for hydroxylation is 2. The molecule has 1 fully saturated rings. The van der Waals surface area contributed by atoms with Crippen LogP contribution in [0.5, 0.6) is 0 Å². The molecule has 0 aromatic heterocycles. The maximum absolute atomic E-state index is 13.2. The number of nitrogens with zero attached hydrogens (tertiary/aromatic N) is 2. The van der Waals surface area contributed by atoms with Crippen molar-refractivity contribution in [2.75, 3.05) is 51.1 Å².